The third-order valence-corrected chi connectivity index (χ3v) is 3.54. The standard InChI is InChI=1S/C16H18N4O2/c1-21-14-9-12-13(10-15(14)22-2)20(8-5-17)16(19-12)11-3-6-18-7-4-11/h3-4,6-7,9-10H,5,8,17H2,1-2H3. The second-order valence-electron chi connectivity index (χ2n) is 4.81. The van der Waals surface area contributed by atoms with Crippen LogP contribution in [0.1, 0.15) is 0 Å². The first-order chi connectivity index (χ1) is 10.8. The van der Waals surface area contributed by atoms with Gasteiger partial charge in [-0.2, -0.15) is 0 Å². The molecule has 2 aromatic heterocycles. The van der Waals surface area contributed by atoms with E-state index in [0.29, 0.717) is 24.6 Å². The van der Waals surface area contributed by atoms with Gasteiger partial charge < -0.3 is 19.8 Å². The second kappa shape index (κ2) is 6.03. The molecule has 0 fully saturated rings. The molecule has 2 heterocycles. The van der Waals surface area contributed by atoms with Gasteiger partial charge in [0, 0.05) is 43.2 Å². The zero-order chi connectivity index (χ0) is 15.5. The lowest BCUT2D eigenvalue weighted by Crippen LogP contribution is -2.11. The monoisotopic (exact) mass is 298 g/mol. The fraction of sp³-hybridized carbons (Fsp3) is 0.250. The molecule has 0 bridgehead atoms. The summed E-state index contributed by atoms with van der Waals surface area (Å²) in [6.07, 6.45) is 3.51. The molecule has 3 rings (SSSR count). The molecule has 0 atom stereocenters. The summed E-state index contributed by atoms with van der Waals surface area (Å²) in [6.45, 7) is 1.20. The van der Waals surface area contributed by atoms with E-state index in [2.05, 4.69) is 9.55 Å². The molecule has 0 spiro atoms. The van der Waals surface area contributed by atoms with Crippen LogP contribution >= 0.6 is 0 Å². The van der Waals surface area contributed by atoms with Crippen LogP contribution in [0.25, 0.3) is 22.4 Å². The zero-order valence-electron chi connectivity index (χ0n) is 12.6. The topological polar surface area (TPSA) is 75.2 Å². The van der Waals surface area contributed by atoms with E-state index >= 15 is 0 Å². The average molecular weight is 298 g/mol. The molecule has 22 heavy (non-hydrogen) atoms. The summed E-state index contributed by atoms with van der Waals surface area (Å²) in [6, 6.07) is 7.68. The van der Waals surface area contributed by atoms with Gasteiger partial charge in [-0.3, -0.25) is 4.98 Å². The van der Waals surface area contributed by atoms with Crippen molar-refractivity contribution in [1.29, 1.82) is 0 Å². The van der Waals surface area contributed by atoms with Crippen LogP contribution in [-0.4, -0.2) is 35.3 Å². The molecule has 0 saturated carbocycles. The lowest BCUT2D eigenvalue weighted by molar-refractivity contribution is 0.355. The van der Waals surface area contributed by atoms with E-state index < -0.39 is 0 Å². The molecule has 0 aliphatic heterocycles. The molecule has 0 aliphatic rings. The van der Waals surface area contributed by atoms with E-state index in [4.69, 9.17) is 20.2 Å². The van der Waals surface area contributed by atoms with Crippen LogP contribution in [0.5, 0.6) is 11.5 Å². The van der Waals surface area contributed by atoms with Crippen molar-refractivity contribution in [2.24, 2.45) is 5.73 Å². The quantitative estimate of drug-likeness (QED) is 0.780. The molecule has 1 aromatic carbocycles. The molecular formula is C16H18N4O2. The largest absolute Gasteiger partial charge is 0.493 e. The van der Waals surface area contributed by atoms with Gasteiger partial charge in [-0.1, -0.05) is 0 Å². The Hall–Kier alpha value is -2.60. The summed E-state index contributed by atoms with van der Waals surface area (Å²) in [5, 5.41) is 0. The lowest BCUT2D eigenvalue weighted by atomic mass is 10.2. The normalized spacial score (nSPS) is 10.9. The fourth-order valence-electron chi connectivity index (χ4n) is 2.53. The minimum Gasteiger partial charge on any atom is -0.493 e. The number of hydrogen-bond donors (Lipinski definition) is 1. The Morgan fingerprint density at radius 1 is 1.09 bits per heavy atom. The van der Waals surface area contributed by atoms with Crippen molar-refractivity contribution in [2.45, 2.75) is 6.54 Å². The molecule has 114 valence electrons. The highest BCUT2D eigenvalue weighted by molar-refractivity contribution is 5.84. The second-order valence-corrected chi connectivity index (χ2v) is 4.81. The summed E-state index contributed by atoms with van der Waals surface area (Å²) in [7, 11) is 3.24. The van der Waals surface area contributed by atoms with E-state index in [1.807, 2.05) is 24.3 Å². The van der Waals surface area contributed by atoms with Gasteiger partial charge in [-0.15, -0.1) is 0 Å². The van der Waals surface area contributed by atoms with Crippen LogP contribution in [0.3, 0.4) is 0 Å². The maximum atomic E-state index is 5.77. The van der Waals surface area contributed by atoms with Crippen molar-refractivity contribution < 1.29 is 9.47 Å². The number of hydrogen-bond acceptors (Lipinski definition) is 5. The molecule has 0 radical (unpaired) electrons. The average Bonchev–Trinajstić information content (AvgIpc) is 2.92. The summed E-state index contributed by atoms with van der Waals surface area (Å²) < 4.78 is 12.8. The minimum absolute atomic E-state index is 0.526. The predicted octanol–water partition coefficient (Wildman–Crippen LogP) is 2.07. The summed E-state index contributed by atoms with van der Waals surface area (Å²) in [5.41, 5.74) is 8.58. The van der Waals surface area contributed by atoms with E-state index in [-0.39, 0.29) is 0 Å². The summed E-state index contributed by atoms with van der Waals surface area (Å²) in [4.78, 5) is 8.78. The number of benzene rings is 1. The van der Waals surface area contributed by atoms with Crippen LogP contribution in [-0.2, 0) is 6.54 Å². The van der Waals surface area contributed by atoms with E-state index in [0.717, 1.165) is 22.4 Å². The van der Waals surface area contributed by atoms with E-state index in [9.17, 15) is 0 Å². The molecule has 0 amide bonds. The van der Waals surface area contributed by atoms with Crippen LogP contribution < -0.4 is 15.2 Å². The first-order valence-corrected chi connectivity index (χ1v) is 7.01. The number of nitrogens with two attached hydrogens (primary N) is 1. The Morgan fingerprint density at radius 2 is 1.77 bits per heavy atom. The van der Waals surface area contributed by atoms with Gasteiger partial charge in [-0.25, -0.2) is 4.98 Å². The number of rotatable bonds is 5. The highest BCUT2D eigenvalue weighted by Crippen LogP contribution is 2.34. The van der Waals surface area contributed by atoms with Gasteiger partial charge >= 0.3 is 0 Å². The maximum absolute atomic E-state index is 5.77. The number of pyridine rings is 1. The van der Waals surface area contributed by atoms with Gasteiger partial charge in [0.2, 0.25) is 0 Å². The summed E-state index contributed by atoms with van der Waals surface area (Å²) >= 11 is 0. The zero-order valence-corrected chi connectivity index (χ0v) is 12.6. The van der Waals surface area contributed by atoms with Gasteiger partial charge in [0.25, 0.3) is 0 Å². The van der Waals surface area contributed by atoms with Crippen molar-refractivity contribution in [3.63, 3.8) is 0 Å². The molecule has 6 nitrogen and oxygen atoms in total. The number of ether oxygens (including phenoxy) is 2. The predicted molar refractivity (Wildman–Crippen MR) is 85.1 cm³/mol. The Balaban J connectivity index is 2.26. The minimum atomic E-state index is 0.526. The SMILES string of the molecule is COc1cc2nc(-c3ccncc3)n(CCN)c2cc1OC. The first-order valence-electron chi connectivity index (χ1n) is 7.01. The van der Waals surface area contributed by atoms with Gasteiger partial charge in [-0.05, 0) is 12.1 Å². The van der Waals surface area contributed by atoms with Crippen molar-refractivity contribution in [1.82, 2.24) is 14.5 Å². The smallest absolute Gasteiger partial charge is 0.163 e. The number of nitrogens with zero attached hydrogens (tertiary/aromatic N) is 3. The summed E-state index contributed by atoms with van der Waals surface area (Å²) in [5.74, 6) is 2.20. The van der Waals surface area contributed by atoms with Crippen LogP contribution in [0.4, 0.5) is 0 Å². The molecule has 3 aromatic rings. The highest BCUT2D eigenvalue weighted by Gasteiger charge is 2.15. The molecule has 0 unspecified atom stereocenters. The molecule has 0 aliphatic carbocycles. The van der Waals surface area contributed by atoms with Crippen molar-refractivity contribution in [2.75, 3.05) is 20.8 Å². The van der Waals surface area contributed by atoms with E-state index in [1.54, 1.807) is 26.6 Å². The van der Waals surface area contributed by atoms with Crippen molar-refractivity contribution >= 4 is 11.0 Å². The van der Waals surface area contributed by atoms with Gasteiger partial charge in [0.1, 0.15) is 5.82 Å². The molecule has 6 heteroatoms. The number of fused-ring (bicyclic) bond motifs is 1. The number of imidazole rings is 1. The van der Waals surface area contributed by atoms with Crippen molar-refractivity contribution in [3.8, 4) is 22.9 Å². The lowest BCUT2D eigenvalue weighted by Gasteiger charge is -2.10. The van der Waals surface area contributed by atoms with Crippen LogP contribution in [0.2, 0.25) is 0 Å². The fourth-order valence-corrected chi connectivity index (χ4v) is 2.53. The number of aromatic nitrogens is 3. The van der Waals surface area contributed by atoms with E-state index in [1.165, 1.54) is 0 Å². The Labute approximate surface area is 128 Å². The Morgan fingerprint density at radius 3 is 2.41 bits per heavy atom. The molecular weight excluding hydrogens is 280 g/mol. The molecule has 2 N–H and O–H groups in total. The van der Waals surface area contributed by atoms with Gasteiger partial charge in [0.15, 0.2) is 11.5 Å². The van der Waals surface area contributed by atoms with Crippen molar-refractivity contribution in [3.05, 3.63) is 36.7 Å². The third-order valence-electron chi connectivity index (χ3n) is 3.54. The highest BCUT2D eigenvalue weighted by atomic mass is 16.5. The number of methoxy groups -OCH3 is 2. The van der Waals surface area contributed by atoms with Crippen LogP contribution in [0, 0.1) is 0 Å². The Kier molecular flexibility index (Phi) is 3.93. The van der Waals surface area contributed by atoms with Crippen LogP contribution in [0.15, 0.2) is 36.7 Å². The molecule has 0 saturated heterocycles. The maximum Gasteiger partial charge on any atom is 0.163 e. The third kappa shape index (κ3) is 2.37. The first kappa shape index (κ1) is 14.3. The Bertz CT molecular complexity index is 784. The van der Waals surface area contributed by atoms with Gasteiger partial charge in [0.05, 0.1) is 25.3 Å².